The molecule has 0 saturated carbocycles. The number of hydrogen-bond acceptors (Lipinski definition) is 2. The second kappa shape index (κ2) is 5.50. The summed E-state index contributed by atoms with van der Waals surface area (Å²) in [6.45, 7) is 13.6. The molecule has 2 nitrogen and oxygen atoms in total. The molecule has 2 unspecified atom stereocenters. The zero-order chi connectivity index (χ0) is 12.3. The van der Waals surface area contributed by atoms with Crippen molar-refractivity contribution in [2.45, 2.75) is 66.0 Å². The Bertz CT molecular complexity index is 199. The number of hydrogen-bond donors (Lipinski definition) is 1. The lowest BCUT2D eigenvalue weighted by Crippen LogP contribution is -2.43. The van der Waals surface area contributed by atoms with Gasteiger partial charge in [-0.1, -0.05) is 20.8 Å². The van der Waals surface area contributed by atoms with Crippen LogP contribution < -0.4 is 0 Å². The third-order valence-electron chi connectivity index (χ3n) is 4.06. The van der Waals surface area contributed by atoms with Crippen molar-refractivity contribution in [1.29, 1.82) is 0 Å². The number of aliphatic hydroxyl groups excluding tert-OH is 1. The quantitative estimate of drug-likeness (QED) is 0.801. The van der Waals surface area contributed by atoms with Crippen LogP contribution in [-0.2, 0) is 0 Å². The second-order valence-electron chi connectivity index (χ2n) is 6.61. The molecule has 2 heteroatoms. The summed E-state index contributed by atoms with van der Waals surface area (Å²) in [5.74, 6) is 0.863. The molecule has 1 aliphatic rings. The number of nitrogens with zero attached hydrogens (tertiary/aromatic N) is 1. The Kier molecular flexibility index (Phi) is 4.81. The fourth-order valence-electron chi connectivity index (χ4n) is 2.85. The topological polar surface area (TPSA) is 23.5 Å². The van der Waals surface area contributed by atoms with Crippen molar-refractivity contribution in [2.24, 2.45) is 11.3 Å². The lowest BCUT2D eigenvalue weighted by Gasteiger charge is -2.41. The van der Waals surface area contributed by atoms with Crippen molar-refractivity contribution in [3.8, 4) is 0 Å². The number of rotatable bonds is 3. The molecule has 0 spiro atoms. The number of piperidine rings is 1. The summed E-state index contributed by atoms with van der Waals surface area (Å²) in [6, 6.07) is 0.529. The minimum Gasteiger partial charge on any atom is -0.393 e. The van der Waals surface area contributed by atoms with Crippen molar-refractivity contribution < 1.29 is 5.11 Å². The summed E-state index contributed by atoms with van der Waals surface area (Å²) >= 11 is 0. The normalized spacial score (nSPS) is 24.4. The van der Waals surface area contributed by atoms with E-state index in [0.29, 0.717) is 11.5 Å². The SMILES string of the molecule is CC(O)CC(C)N1CCC(C(C)(C)C)CC1. The Hall–Kier alpha value is -0.0800. The molecule has 0 bridgehead atoms. The minimum atomic E-state index is -0.171. The highest BCUT2D eigenvalue weighted by atomic mass is 16.3. The molecule has 96 valence electrons. The van der Waals surface area contributed by atoms with Gasteiger partial charge in [0.25, 0.3) is 0 Å². The molecule has 1 rings (SSSR count). The highest BCUT2D eigenvalue weighted by molar-refractivity contribution is 4.82. The summed E-state index contributed by atoms with van der Waals surface area (Å²) < 4.78 is 0. The van der Waals surface area contributed by atoms with Crippen LogP contribution in [0.15, 0.2) is 0 Å². The summed E-state index contributed by atoms with van der Waals surface area (Å²) in [7, 11) is 0. The third-order valence-corrected chi connectivity index (χ3v) is 4.06. The first-order valence-electron chi connectivity index (χ1n) is 6.73. The maximum Gasteiger partial charge on any atom is 0.0526 e. The van der Waals surface area contributed by atoms with Crippen LogP contribution >= 0.6 is 0 Å². The molecule has 1 aliphatic heterocycles. The van der Waals surface area contributed by atoms with Gasteiger partial charge in [0.2, 0.25) is 0 Å². The Morgan fingerprint density at radius 1 is 1.19 bits per heavy atom. The number of aliphatic hydroxyl groups is 1. The van der Waals surface area contributed by atoms with Gasteiger partial charge < -0.3 is 10.0 Å². The van der Waals surface area contributed by atoms with Crippen molar-refractivity contribution in [3.05, 3.63) is 0 Å². The molecule has 0 aliphatic carbocycles. The molecule has 0 aromatic carbocycles. The smallest absolute Gasteiger partial charge is 0.0526 e. The molecule has 0 radical (unpaired) electrons. The molecule has 0 aromatic rings. The third kappa shape index (κ3) is 4.06. The highest BCUT2D eigenvalue weighted by Gasteiger charge is 2.30. The van der Waals surface area contributed by atoms with Crippen molar-refractivity contribution >= 4 is 0 Å². The summed E-state index contributed by atoms with van der Waals surface area (Å²) in [6.07, 6.45) is 3.36. The van der Waals surface area contributed by atoms with Gasteiger partial charge in [-0.2, -0.15) is 0 Å². The molecule has 1 saturated heterocycles. The Balaban J connectivity index is 2.37. The molecule has 1 heterocycles. The molecule has 1 N–H and O–H groups in total. The van der Waals surface area contributed by atoms with Crippen LogP contribution in [0.1, 0.15) is 53.9 Å². The van der Waals surface area contributed by atoms with E-state index in [4.69, 9.17) is 0 Å². The lowest BCUT2D eigenvalue weighted by atomic mass is 9.75. The van der Waals surface area contributed by atoms with Crippen molar-refractivity contribution in [1.82, 2.24) is 4.90 Å². The van der Waals surface area contributed by atoms with Gasteiger partial charge in [-0.15, -0.1) is 0 Å². The number of likely N-dealkylation sites (tertiary alicyclic amines) is 1. The van der Waals surface area contributed by atoms with Crippen molar-refractivity contribution in [2.75, 3.05) is 13.1 Å². The lowest BCUT2D eigenvalue weighted by molar-refractivity contribution is 0.0645. The first kappa shape index (κ1) is 14.0. The zero-order valence-electron chi connectivity index (χ0n) is 11.7. The Labute approximate surface area is 101 Å². The van der Waals surface area contributed by atoms with Crippen LogP contribution in [0.3, 0.4) is 0 Å². The summed E-state index contributed by atoms with van der Waals surface area (Å²) in [5.41, 5.74) is 0.458. The van der Waals surface area contributed by atoms with Gasteiger partial charge in [-0.05, 0) is 57.5 Å². The molecular formula is C14H29NO. The van der Waals surface area contributed by atoms with E-state index in [0.717, 1.165) is 12.3 Å². The first-order chi connectivity index (χ1) is 7.30. The van der Waals surface area contributed by atoms with E-state index in [1.165, 1.54) is 25.9 Å². The van der Waals surface area contributed by atoms with E-state index in [1.54, 1.807) is 0 Å². The van der Waals surface area contributed by atoms with E-state index in [2.05, 4.69) is 32.6 Å². The fourth-order valence-corrected chi connectivity index (χ4v) is 2.85. The Morgan fingerprint density at radius 3 is 2.06 bits per heavy atom. The average Bonchev–Trinajstić information content (AvgIpc) is 2.15. The minimum absolute atomic E-state index is 0.171. The monoisotopic (exact) mass is 227 g/mol. The van der Waals surface area contributed by atoms with Gasteiger partial charge in [0.1, 0.15) is 0 Å². The van der Waals surface area contributed by atoms with Crippen LogP contribution in [0.5, 0.6) is 0 Å². The molecule has 0 amide bonds. The molecular weight excluding hydrogens is 198 g/mol. The van der Waals surface area contributed by atoms with Crippen LogP contribution in [0.4, 0.5) is 0 Å². The van der Waals surface area contributed by atoms with Crippen molar-refractivity contribution in [3.63, 3.8) is 0 Å². The molecule has 2 atom stereocenters. The standard InChI is InChI=1S/C14H29NO/c1-11(10-12(2)16)15-8-6-13(7-9-15)14(3,4)5/h11-13,16H,6-10H2,1-5H3. The maximum absolute atomic E-state index is 9.41. The molecule has 16 heavy (non-hydrogen) atoms. The van der Waals surface area contributed by atoms with Crippen LogP contribution in [0.2, 0.25) is 0 Å². The molecule has 1 fully saturated rings. The van der Waals surface area contributed by atoms with E-state index >= 15 is 0 Å². The van der Waals surface area contributed by atoms with Gasteiger partial charge in [-0.3, -0.25) is 0 Å². The van der Waals surface area contributed by atoms with Gasteiger partial charge in [-0.25, -0.2) is 0 Å². The van der Waals surface area contributed by atoms with Crippen LogP contribution in [0.25, 0.3) is 0 Å². The Morgan fingerprint density at radius 2 is 1.69 bits per heavy atom. The van der Waals surface area contributed by atoms with Gasteiger partial charge >= 0.3 is 0 Å². The van der Waals surface area contributed by atoms with Crippen LogP contribution in [-0.4, -0.2) is 35.2 Å². The summed E-state index contributed by atoms with van der Waals surface area (Å²) in [5, 5.41) is 9.41. The van der Waals surface area contributed by atoms with E-state index in [9.17, 15) is 5.11 Å². The zero-order valence-corrected chi connectivity index (χ0v) is 11.7. The molecule has 0 aromatic heterocycles. The van der Waals surface area contributed by atoms with Crippen LogP contribution in [0, 0.1) is 11.3 Å². The van der Waals surface area contributed by atoms with E-state index in [-0.39, 0.29) is 6.10 Å². The summed E-state index contributed by atoms with van der Waals surface area (Å²) in [4.78, 5) is 2.54. The maximum atomic E-state index is 9.41. The van der Waals surface area contributed by atoms with E-state index < -0.39 is 0 Å². The average molecular weight is 227 g/mol. The van der Waals surface area contributed by atoms with Gasteiger partial charge in [0.15, 0.2) is 0 Å². The van der Waals surface area contributed by atoms with E-state index in [1.807, 2.05) is 6.92 Å². The highest BCUT2D eigenvalue weighted by Crippen LogP contribution is 2.34. The largest absolute Gasteiger partial charge is 0.393 e. The second-order valence-corrected chi connectivity index (χ2v) is 6.61. The van der Waals surface area contributed by atoms with Gasteiger partial charge in [0.05, 0.1) is 6.10 Å². The predicted octanol–water partition coefficient (Wildman–Crippen LogP) is 2.90. The first-order valence-corrected chi connectivity index (χ1v) is 6.73. The predicted molar refractivity (Wildman–Crippen MR) is 69.5 cm³/mol. The fraction of sp³-hybridized carbons (Fsp3) is 1.00. The van der Waals surface area contributed by atoms with Gasteiger partial charge in [0, 0.05) is 6.04 Å².